The van der Waals surface area contributed by atoms with E-state index in [1.54, 1.807) is 0 Å². The largest absolute Gasteiger partial charge is 0.340 e. The summed E-state index contributed by atoms with van der Waals surface area (Å²) >= 11 is 0. The SMILES string of the molecule is CCC(=O)N(C)C(C)(C)C1CC1. The summed E-state index contributed by atoms with van der Waals surface area (Å²) in [5.41, 5.74) is 0.0765. The van der Waals surface area contributed by atoms with Crippen molar-refractivity contribution in [1.29, 1.82) is 0 Å². The van der Waals surface area contributed by atoms with Gasteiger partial charge in [0.1, 0.15) is 0 Å². The summed E-state index contributed by atoms with van der Waals surface area (Å²) in [6.45, 7) is 6.25. The molecule has 0 heterocycles. The van der Waals surface area contributed by atoms with E-state index in [0.717, 1.165) is 5.92 Å². The van der Waals surface area contributed by atoms with Crippen molar-refractivity contribution in [2.45, 2.75) is 45.6 Å². The third-order valence-electron chi connectivity index (χ3n) is 3.12. The molecule has 1 aliphatic carbocycles. The van der Waals surface area contributed by atoms with Gasteiger partial charge in [-0.15, -0.1) is 0 Å². The fraction of sp³-hybridized carbons (Fsp3) is 0.900. The molecule has 0 bridgehead atoms. The predicted molar refractivity (Wildman–Crippen MR) is 49.9 cm³/mol. The molecule has 1 aliphatic rings. The van der Waals surface area contributed by atoms with E-state index in [0.29, 0.717) is 6.42 Å². The molecule has 70 valence electrons. The van der Waals surface area contributed by atoms with Gasteiger partial charge in [-0.1, -0.05) is 6.92 Å². The van der Waals surface area contributed by atoms with Crippen molar-refractivity contribution in [3.05, 3.63) is 0 Å². The number of hydrogen-bond acceptors (Lipinski definition) is 1. The molecule has 0 aliphatic heterocycles. The lowest BCUT2D eigenvalue weighted by molar-refractivity contribution is -0.134. The van der Waals surface area contributed by atoms with Gasteiger partial charge in [-0.05, 0) is 32.6 Å². The van der Waals surface area contributed by atoms with Crippen molar-refractivity contribution in [2.24, 2.45) is 5.92 Å². The van der Waals surface area contributed by atoms with Crippen LogP contribution in [0.2, 0.25) is 0 Å². The van der Waals surface area contributed by atoms with Gasteiger partial charge >= 0.3 is 0 Å². The van der Waals surface area contributed by atoms with Crippen molar-refractivity contribution < 1.29 is 4.79 Å². The second-order valence-electron chi connectivity index (χ2n) is 4.23. The first kappa shape index (κ1) is 9.56. The van der Waals surface area contributed by atoms with Crippen LogP contribution >= 0.6 is 0 Å². The molecule has 2 nitrogen and oxygen atoms in total. The van der Waals surface area contributed by atoms with Crippen LogP contribution in [0.3, 0.4) is 0 Å². The van der Waals surface area contributed by atoms with Crippen molar-refractivity contribution in [2.75, 3.05) is 7.05 Å². The Labute approximate surface area is 74.9 Å². The Morgan fingerprint density at radius 2 is 2.00 bits per heavy atom. The molecule has 2 heteroatoms. The highest BCUT2D eigenvalue weighted by Gasteiger charge is 2.41. The minimum Gasteiger partial charge on any atom is -0.340 e. The maximum absolute atomic E-state index is 11.4. The highest BCUT2D eigenvalue weighted by molar-refractivity contribution is 5.76. The predicted octanol–water partition coefficient (Wildman–Crippen LogP) is 2.04. The summed E-state index contributed by atoms with van der Waals surface area (Å²) in [5.74, 6) is 0.991. The number of carbonyl (C=O) groups is 1. The minimum absolute atomic E-state index is 0.0765. The zero-order valence-corrected chi connectivity index (χ0v) is 8.55. The highest BCUT2D eigenvalue weighted by atomic mass is 16.2. The third kappa shape index (κ3) is 1.62. The van der Waals surface area contributed by atoms with Gasteiger partial charge in [0.25, 0.3) is 0 Å². The highest BCUT2D eigenvalue weighted by Crippen LogP contribution is 2.42. The van der Waals surface area contributed by atoms with Gasteiger partial charge in [0.2, 0.25) is 5.91 Å². The van der Waals surface area contributed by atoms with Crippen LogP contribution in [0, 0.1) is 5.92 Å². The Bertz CT molecular complexity index is 182. The van der Waals surface area contributed by atoms with Gasteiger partial charge in [-0.3, -0.25) is 4.79 Å². The molecule has 1 amide bonds. The molecule has 0 aromatic carbocycles. The van der Waals surface area contributed by atoms with E-state index in [2.05, 4.69) is 13.8 Å². The Balaban J connectivity index is 2.59. The fourth-order valence-corrected chi connectivity index (χ4v) is 1.62. The van der Waals surface area contributed by atoms with Crippen LogP contribution in [0.25, 0.3) is 0 Å². The molecule has 0 aromatic rings. The van der Waals surface area contributed by atoms with Crippen molar-refractivity contribution >= 4 is 5.91 Å². The van der Waals surface area contributed by atoms with Gasteiger partial charge in [0, 0.05) is 19.0 Å². The van der Waals surface area contributed by atoms with Crippen molar-refractivity contribution in [3.8, 4) is 0 Å². The van der Waals surface area contributed by atoms with Crippen LogP contribution in [0.15, 0.2) is 0 Å². The average molecular weight is 169 g/mol. The fourth-order valence-electron chi connectivity index (χ4n) is 1.62. The van der Waals surface area contributed by atoms with Crippen LogP contribution < -0.4 is 0 Å². The summed E-state index contributed by atoms with van der Waals surface area (Å²) in [5, 5.41) is 0. The first-order chi connectivity index (χ1) is 5.50. The van der Waals surface area contributed by atoms with Gasteiger partial charge in [0.15, 0.2) is 0 Å². The van der Waals surface area contributed by atoms with E-state index >= 15 is 0 Å². The van der Waals surface area contributed by atoms with Crippen LogP contribution in [0.4, 0.5) is 0 Å². The first-order valence-corrected chi connectivity index (χ1v) is 4.76. The molecule has 0 spiro atoms. The van der Waals surface area contributed by atoms with Gasteiger partial charge in [0.05, 0.1) is 0 Å². The maximum Gasteiger partial charge on any atom is 0.222 e. The molecular formula is C10H19NO. The Kier molecular flexibility index (Phi) is 2.45. The van der Waals surface area contributed by atoms with E-state index in [1.165, 1.54) is 12.8 Å². The summed E-state index contributed by atoms with van der Waals surface area (Å²) in [4.78, 5) is 13.3. The Morgan fingerprint density at radius 3 is 2.33 bits per heavy atom. The molecule has 1 fully saturated rings. The molecule has 0 unspecified atom stereocenters. The number of nitrogens with zero attached hydrogens (tertiary/aromatic N) is 1. The van der Waals surface area contributed by atoms with Gasteiger partial charge in [-0.25, -0.2) is 0 Å². The normalized spacial score (nSPS) is 17.7. The van der Waals surface area contributed by atoms with Crippen LogP contribution in [-0.2, 0) is 4.79 Å². The molecule has 0 N–H and O–H groups in total. The number of rotatable bonds is 3. The van der Waals surface area contributed by atoms with Crippen molar-refractivity contribution in [1.82, 2.24) is 4.90 Å². The topological polar surface area (TPSA) is 20.3 Å². The summed E-state index contributed by atoms with van der Waals surface area (Å²) < 4.78 is 0. The summed E-state index contributed by atoms with van der Waals surface area (Å²) in [6.07, 6.45) is 3.19. The zero-order valence-electron chi connectivity index (χ0n) is 8.55. The van der Waals surface area contributed by atoms with Crippen molar-refractivity contribution in [3.63, 3.8) is 0 Å². The molecule has 0 atom stereocenters. The lowest BCUT2D eigenvalue weighted by atomic mass is 9.96. The van der Waals surface area contributed by atoms with E-state index in [-0.39, 0.29) is 11.4 Å². The van der Waals surface area contributed by atoms with E-state index < -0.39 is 0 Å². The van der Waals surface area contributed by atoms with E-state index in [9.17, 15) is 4.79 Å². The zero-order chi connectivity index (χ0) is 9.35. The molecule has 1 saturated carbocycles. The Morgan fingerprint density at radius 1 is 1.50 bits per heavy atom. The summed E-state index contributed by atoms with van der Waals surface area (Å²) in [7, 11) is 1.92. The third-order valence-corrected chi connectivity index (χ3v) is 3.12. The monoisotopic (exact) mass is 169 g/mol. The first-order valence-electron chi connectivity index (χ1n) is 4.76. The van der Waals surface area contributed by atoms with Crippen LogP contribution in [0.5, 0.6) is 0 Å². The molecule has 0 radical (unpaired) electrons. The van der Waals surface area contributed by atoms with Gasteiger partial charge in [-0.2, -0.15) is 0 Å². The lowest BCUT2D eigenvalue weighted by Crippen LogP contribution is -2.46. The average Bonchev–Trinajstić information content (AvgIpc) is 2.83. The maximum atomic E-state index is 11.4. The lowest BCUT2D eigenvalue weighted by Gasteiger charge is -2.36. The second kappa shape index (κ2) is 3.08. The van der Waals surface area contributed by atoms with Gasteiger partial charge < -0.3 is 4.90 Å². The number of amides is 1. The molecular weight excluding hydrogens is 150 g/mol. The standard InChI is InChI=1S/C10H19NO/c1-5-9(12)11(4)10(2,3)8-6-7-8/h8H,5-7H2,1-4H3. The number of carbonyl (C=O) groups excluding carboxylic acids is 1. The van der Waals surface area contributed by atoms with Crippen LogP contribution in [0.1, 0.15) is 40.0 Å². The van der Waals surface area contributed by atoms with E-state index in [4.69, 9.17) is 0 Å². The smallest absolute Gasteiger partial charge is 0.222 e. The molecule has 12 heavy (non-hydrogen) atoms. The summed E-state index contributed by atoms with van der Waals surface area (Å²) in [6, 6.07) is 0. The molecule has 0 aromatic heterocycles. The molecule has 1 rings (SSSR count). The van der Waals surface area contributed by atoms with Crippen LogP contribution in [-0.4, -0.2) is 23.4 Å². The second-order valence-corrected chi connectivity index (χ2v) is 4.23. The van der Waals surface area contributed by atoms with E-state index in [1.807, 2.05) is 18.9 Å². The Hall–Kier alpha value is -0.530. The molecule has 0 saturated heterocycles. The number of hydrogen-bond donors (Lipinski definition) is 0. The quantitative estimate of drug-likeness (QED) is 0.633. The minimum atomic E-state index is 0.0765.